The molecule has 1 aliphatic carbocycles. The van der Waals surface area contributed by atoms with E-state index in [2.05, 4.69) is 59.3 Å². The first kappa shape index (κ1) is 15.7. The summed E-state index contributed by atoms with van der Waals surface area (Å²) < 4.78 is 8.58. The predicted molar refractivity (Wildman–Crippen MR) is 87.2 cm³/mol. The van der Waals surface area contributed by atoms with Crippen molar-refractivity contribution in [1.29, 1.82) is 0 Å². The van der Waals surface area contributed by atoms with Crippen molar-refractivity contribution in [3.63, 3.8) is 0 Å². The molecule has 0 aromatic carbocycles. The summed E-state index contributed by atoms with van der Waals surface area (Å²) in [6.45, 7) is 9.18. The molecule has 0 unspecified atom stereocenters. The summed E-state index contributed by atoms with van der Waals surface area (Å²) in [5, 5.41) is 0. The Morgan fingerprint density at radius 3 is 2.35 bits per heavy atom. The molecule has 0 heterocycles. The fourth-order valence-corrected chi connectivity index (χ4v) is 4.12. The van der Waals surface area contributed by atoms with Gasteiger partial charge in [-0.15, -0.1) is 0 Å². The van der Waals surface area contributed by atoms with Crippen LogP contribution in [0.5, 0.6) is 0 Å². The van der Waals surface area contributed by atoms with Crippen LogP contribution in [-0.2, 0) is 4.43 Å². The molecule has 1 saturated carbocycles. The van der Waals surface area contributed by atoms with Crippen LogP contribution in [0.1, 0.15) is 45.4 Å². The van der Waals surface area contributed by atoms with Gasteiger partial charge in [0, 0.05) is 0 Å². The normalized spacial score (nSPS) is 21.5. The van der Waals surface area contributed by atoms with Gasteiger partial charge in [0.25, 0.3) is 0 Å². The second-order valence-corrected chi connectivity index (χ2v) is 11.5. The molecule has 0 aliphatic heterocycles. The van der Waals surface area contributed by atoms with Gasteiger partial charge in [-0.05, 0) is 48.4 Å². The van der Waals surface area contributed by atoms with Crippen LogP contribution < -0.4 is 0 Å². The van der Waals surface area contributed by atoms with E-state index >= 15 is 0 Å². The molecule has 1 nitrogen and oxygen atoms in total. The molecule has 1 rings (SSSR count). The summed E-state index contributed by atoms with van der Waals surface area (Å²) in [6.07, 6.45) is 10.8. The monoisotopic (exact) mass is 366 g/mol. The molecular weight excluding hydrogens is 339 g/mol. The fraction of sp³-hybridized carbons (Fsp3) is 0.857. The molecule has 0 aromatic heterocycles. The number of hydrogen-bond acceptors (Lipinski definition) is 1. The predicted octanol–water partition coefficient (Wildman–Crippen LogP) is 5.52. The Bertz CT molecular complexity index is 253. The van der Waals surface area contributed by atoms with Gasteiger partial charge in [0.05, 0.1) is 6.10 Å². The first-order chi connectivity index (χ1) is 7.93. The van der Waals surface area contributed by atoms with E-state index < -0.39 is 8.32 Å². The smallest absolute Gasteiger partial charge is 0.184 e. The number of rotatable bonds is 7. The van der Waals surface area contributed by atoms with Gasteiger partial charge in [-0.1, -0.05) is 54.9 Å². The maximum Gasteiger partial charge on any atom is 0.184 e. The standard InChI is InChI=1S/C14H27IOSi/c1-5-6-9-14(10-7-11-14)13(8-12-15)16-17(2,3)4/h8,12-13H,5-7,9-11H2,1-4H3/b12-8+/t13-/m0/s1. The summed E-state index contributed by atoms with van der Waals surface area (Å²) in [7, 11) is -1.44. The molecule has 0 N–H and O–H groups in total. The molecular formula is C14H27IOSi. The Labute approximate surface area is 122 Å². The molecule has 1 fully saturated rings. The molecule has 0 bridgehead atoms. The zero-order valence-electron chi connectivity index (χ0n) is 11.8. The molecule has 0 saturated heterocycles. The Morgan fingerprint density at radius 1 is 1.35 bits per heavy atom. The highest BCUT2D eigenvalue weighted by Gasteiger charge is 2.44. The number of hydrogen-bond donors (Lipinski definition) is 0. The van der Waals surface area contributed by atoms with Crippen LogP contribution in [0.3, 0.4) is 0 Å². The maximum atomic E-state index is 6.43. The Hall–Kier alpha value is 0.647. The van der Waals surface area contributed by atoms with Crippen molar-refractivity contribution < 1.29 is 4.43 Å². The van der Waals surface area contributed by atoms with Gasteiger partial charge >= 0.3 is 0 Å². The third-order valence-corrected chi connectivity index (χ3v) is 5.09. The summed E-state index contributed by atoms with van der Waals surface area (Å²) in [5.74, 6) is 0. The lowest BCUT2D eigenvalue weighted by Crippen LogP contribution is -2.46. The van der Waals surface area contributed by atoms with Gasteiger partial charge in [0.2, 0.25) is 0 Å². The van der Waals surface area contributed by atoms with E-state index in [0.29, 0.717) is 11.5 Å². The summed E-state index contributed by atoms with van der Waals surface area (Å²) in [4.78, 5) is 0. The molecule has 0 amide bonds. The highest BCUT2D eigenvalue weighted by Crippen LogP contribution is 2.50. The van der Waals surface area contributed by atoms with Gasteiger partial charge < -0.3 is 4.43 Å². The Balaban J connectivity index is 2.72. The highest BCUT2D eigenvalue weighted by molar-refractivity contribution is 14.1. The maximum absolute atomic E-state index is 6.43. The van der Waals surface area contributed by atoms with Gasteiger partial charge in [0.15, 0.2) is 8.32 Å². The van der Waals surface area contributed by atoms with Crippen LogP contribution in [0.15, 0.2) is 10.2 Å². The van der Waals surface area contributed by atoms with E-state index in [4.69, 9.17) is 4.43 Å². The SMILES string of the molecule is CCCCC1([C@H](/C=C/I)O[Si](C)(C)C)CCC1. The lowest BCUT2D eigenvalue weighted by Gasteiger charge is -2.48. The molecule has 17 heavy (non-hydrogen) atoms. The molecule has 0 spiro atoms. The van der Waals surface area contributed by atoms with Gasteiger partial charge in [-0.3, -0.25) is 0 Å². The molecule has 0 aromatic rings. The summed E-state index contributed by atoms with van der Waals surface area (Å²) in [5.41, 5.74) is 0.470. The van der Waals surface area contributed by atoms with E-state index in [9.17, 15) is 0 Å². The van der Waals surface area contributed by atoms with Gasteiger partial charge in [0.1, 0.15) is 0 Å². The van der Waals surface area contributed by atoms with Crippen LogP contribution >= 0.6 is 22.6 Å². The van der Waals surface area contributed by atoms with E-state index in [-0.39, 0.29) is 0 Å². The van der Waals surface area contributed by atoms with Crippen LogP contribution in [0.4, 0.5) is 0 Å². The van der Waals surface area contributed by atoms with E-state index in [1.807, 2.05) is 0 Å². The van der Waals surface area contributed by atoms with Crippen LogP contribution in [-0.4, -0.2) is 14.4 Å². The average Bonchev–Trinajstić information content (AvgIpc) is 2.14. The molecule has 3 heteroatoms. The number of halogens is 1. The van der Waals surface area contributed by atoms with Gasteiger partial charge in [-0.25, -0.2) is 0 Å². The fourth-order valence-electron chi connectivity index (χ4n) is 2.65. The second-order valence-electron chi connectivity index (χ2n) is 6.29. The van der Waals surface area contributed by atoms with Crippen molar-refractivity contribution in [3.8, 4) is 0 Å². The van der Waals surface area contributed by atoms with Crippen molar-refractivity contribution >= 4 is 30.9 Å². The minimum atomic E-state index is -1.44. The third kappa shape index (κ3) is 4.67. The quantitative estimate of drug-likeness (QED) is 0.426. The minimum absolute atomic E-state index is 0.367. The number of unbranched alkanes of at least 4 members (excludes halogenated alkanes) is 1. The van der Waals surface area contributed by atoms with Crippen LogP contribution in [0, 0.1) is 5.41 Å². The van der Waals surface area contributed by atoms with Crippen molar-refractivity contribution in [2.75, 3.05) is 0 Å². The van der Waals surface area contributed by atoms with Crippen LogP contribution in [0.2, 0.25) is 19.6 Å². The van der Waals surface area contributed by atoms with E-state index in [1.165, 1.54) is 38.5 Å². The molecule has 100 valence electrons. The van der Waals surface area contributed by atoms with Crippen molar-refractivity contribution in [1.82, 2.24) is 0 Å². The molecule has 1 atom stereocenters. The second kappa shape index (κ2) is 6.71. The topological polar surface area (TPSA) is 9.23 Å². The average molecular weight is 366 g/mol. The Morgan fingerprint density at radius 2 is 2.00 bits per heavy atom. The minimum Gasteiger partial charge on any atom is -0.411 e. The lowest BCUT2D eigenvalue weighted by molar-refractivity contribution is -0.00330. The summed E-state index contributed by atoms with van der Waals surface area (Å²) in [6, 6.07) is 0. The molecule has 0 radical (unpaired) electrons. The third-order valence-electron chi connectivity index (χ3n) is 3.71. The van der Waals surface area contributed by atoms with Crippen molar-refractivity contribution in [2.24, 2.45) is 5.41 Å². The van der Waals surface area contributed by atoms with E-state index in [1.54, 1.807) is 0 Å². The lowest BCUT2D eigenvalue weighted by atomic mass is 9.62. The largest absolute Gasteiger partial charge is 0.411 e. The van der Waals surface area contributed by atoms with Crippen LogP contribution in [0.25, 0.3) is 0 Å². The Kier molecular flexibility index (Phi) is 6.20. The first-order valence-electron chi connectivity index (χ1n) is 6.88. The van der Waals surface area contributed by atoms with E-state index in [0.717, 1.165) is 0 Å². The summed E-state index contributed by atoms with van der Waals surface area (Å²) >= 11 is 2.33. The zero-order chi connectivity index (χ0) is 12.9. The van der Waals surface area contributed by atoms with Crippen molar-refractivity contribution in [2.45, 2.75) is 71.2 Å². The van der Waals surface area contributed by atoms with Gasteiger partial charge in [-0.2, -0.15) is 0 Å². The zero-order valence-corrected chi connectivity index (χ0v) is 14.9. The first-order valence-corrected chi connectivity index (χ1v) is 11.5. The highest BCUT2D eigenvalue weighted by atomic mass is 127. The molecule has 1 aliphatic rings. The van der Waals surface area contributed by atoms with Crippen molar-refractivity contribution in [3.05, 3.63) is 10.2 Å².